The molecule has 0 aromatic heterocycles. The molecule has 0 bridgehead atoms. The second-order valence-electron chi connectivity index (χ2n) is 14.0. The molecule has 1 atom stereocenters. The minimum atomic E-state index is -0.802. The van der Waals surface area contributed by atoms with E-state index in [1.165, 1.54) is 25.7 Å². The Morgan fingerprint density at radius 3 is 1.24 bits per heavy atom. The summed E-state index contributed by atoms with van der Waals surface area (Å²) < 4.78 is 16.6. The van der Waals surface area contributed by atoms with Gasteiger partial charge in [-0.2, -0.15) is 0 Å². The fraction of sp³-hybridized carbons (Fsp3) is 0.646. The Morgan fingerprint density at radius 2 is 0.741 bits per heavy atom. The van der Waals surface area contributed by atoms with Crippen molar-refractivity contribution in [2.75, 3.05) is 13.2 Å². The number of esters is 3. The van der Waals surface area contributed by atoms with Crippen molar-refractivity contribution in [2.24, 2.45) is 0 Å². The van der Waals surface area contributed by atoms with Crippen LogP contribution in [0.15, 0.2) is 85.1 Å². The van der Waals surface area contributed by atoms with Crippen LogP contribution in [0.3, 0.4) is 0 Å². The molecule has 0 aromatic carbocycles. The van der Waals surface area contributed by atoms with Crippen LogP contribution in [0.5, 0.6) is 0 Å². The number of rotatable bonds is 37. The standard InChI is InChI=1S/C48H78O6/c1-4-7-10-13-16-19-22-23-24-25-27-29-32-35-38-41-47(50)53-44-45(43-52-46(49)40-37-34-31-28-21-18-15-12-9-6-3)54-48(51)42-39-36-33-30-26-20-17-14-11-8-5-2/h7,10,13-20,22-24,26,45H,4-6,8-9,11-12,21,25,27-44H2,1-3H3/b10-7-,16-13-,17-14-,18-15-,22-19-,24-23-,26-20-. The Balaban J connectivity index is 4.48. The third-order valence-electron chi connectivity index (χ3n) is 8.73. The second-order valence-corrected chi connectivity index (χ2v) is 14.0. The van der Waals surface area contributed by atoms with Gasteiger partial charge in [0.15, 0.2) is 6.10 Å². The van der Waals surface area contributed by atoms with Crippen molar-refractivity contribution in [2.45, 2.75) is 187 Å². The number of allylic oxidation sites excluding steroid dienone is 14. The fourth-order valence-electron chi connectivity index (χ4n) is 5.41. The first kappa shape index (κ1) is 50.6. The van der Waals surface area contributed by atoms with Crippen LogP contribution in [-0.4, -0.2) is 37.2 Å². The Labute approximate surface area is 331 Å². The molecule has 0 saturated heterocycles. The highest BCUT2D eigenvalue weighted by Crippen LogP contribution is 2.12. The summed E-state index contributed by atoms with van der Waals surface area (Å²) in [6.07, 6.45) is 52.8. The van der Waals surface area contributed by atoms with Crippen LogP contribution in [0, 0.1) is 0 Å². The zero-order valence-electron chi connectivity index (χ0n) is 34.7. The van der Waals surface area contributed by atoms with Crippen molar-refractivity contribution in [1.29, 1.82) is 0 Å². The zero-order valence-corrected chi connectivity index (χ0v) is 34.7. The molecule has 0 fully saturated rings. The van der Waals surface area contributed by atoms with Gasteiger partial charge in [0.05, 0.1) is 0 Å². The molecule has 6 heteroatoms. The minimum absolute atomic E-state index is 0.103. The van der Waals surface area contributed by atoms with Crippen molar-refractivity contribution in [3.05, 3.63) is 85.1 Å². The summed E-state index contributed by atoms with van der Waals surface area (Å²) in [6.45, 7) is 6.31. The maximum atomic E-state index is 12.7. The molecule has 0 aliphatic heterocycles. The van der Waals surface area contributed by atoms with Gasteiger partial charge in [0.25, 0.3) is 0 Å². The molecule has 54 heavy (non-hydrogen) atoms. The third-order valence-corrected chi connectivity index (χ3v) is 8.73. The van der Waals surface area contributed by atoms with E-state index in [1.54, 1.807) is 0 Å². The zero-order chi connectivity index (χ0) is 39.4. The number of hydrogen-bond acceptors (Lipinski definition) is 6. The lowest BCUT2D eigenvalue weighted by atomic mass is 10.1. The normalized spacial score (nSPS) is 12.9. The van der Waals surface area contributed by atoms with Crippen LogP contribution >= 0.6 is 0 Å². The van der Waals surface area contributed by atoms with Gasteiger partial charge in [-0.1, -0.05) is 170 Å². The Bertz CT molecular complexity index is 1090. The molecule has 6 nitrogen and oxygen atoms in total. The molecule has 0 N–H and O–H groups in total. The molecule has 0 spiro atoms. The predicted molar refractivity (Wildman–Crippen MR) is 228 cm³/mol. The second kappa shape index (κ2) is 42.3. The minimum Gasteiger partial charge on any atom is -0.462 e. The smallest absolute Gasteiger partial charge is 0.306 e. The van der Waals surface area contributed by atoms with Crippen molar-refractivity contribution in [3.63, 3.8) is 0 Å². The first-order valence-electron chi connectivity index (χ1n) is 21.7. The molecule has 0 rings (SSSR count). The van der Waals surface area contributed by atoms with Gasteiger partial charge in [0, 0.05) is 19.3 Å². The quantitative estimate of drug-likeness (QED) is 0.0207. The van der Waals surface area contributed by atoms with Crippen molar-refractivity contribution < 1.29 is 28.6 Å². The van der Waals surface area contributed by atoms with Crippen LogP contribution in [0.4, 0.5) is 0 Å². The van der Waals surface area contributed by atoms with Gasteiger partial charge < -0.3 is 14.2 Å². The van der Waals surface area contributed by atoms with Crippen LogP contribution in [0.25, 0.3) is 0 Å². The highest BCUT2D eigenvalue weighted by Gasteiger charge is 2.19. The number of unbranched alkanes of at least 4 members (excludes halogenated alkanes) is 16. The van der Waals surface area contributed by atoms with E-state index in [0.717, 1.165) is 116 Å². The Hall–Kier alpha value is -3.41. The predicted octanol–water partition coefficient (Wildman–Crippen LogP) is 13.7. The summed E-state index contributed by atoms with van der Waals surface area (Å²) >= 11 is 0. The van der Waals surface area contributed by atoms with Crippen LogP contribution < -0.4 is 0 Å². The van der Waals surface area contributed by atoms with E-state index in [4.69, 9.17) is 14.2 Å². The van der Waals surface area contributed by atoms with Crippen molar-refractivity contribution in [3.8, 4) is 0 Å². The maximum Gasteiger partial charge on any atom is 0.306 e. The van der Waals surface area contributed by atoms with Gasteiger partial charge in [-0.15, -0.1) is 0 Å². The van der Waals surface area contributed by atoms with Gasteiger partial charge in [-0.05, 0) is 77.0 Å². The molecular weight excluding hydrogens is 673 g/mol. The van der Waals surface area contributed by atoms with Crippen LogP contribution in [0.2, 0.25) is 0 Å². The highest BCUT2D eigenvalue weighted by atomic mass is 16.6. The molecule has 0 saturated carbocycles. The van der Waals surface area contributed by atoms with Crippen LogP contribution in [0.1, 0.15) is 181 Å². The summed E-state index contributed by atoms with van der Waals surface area (Å²) in [7, 11) is 0. The van der Waals surface area contributed by atoms with Gasteiger partial charge in [-0.25, -0.2) is 0 Å². The average Bonchev–Trinajstić information content (AvgIpc) is 3.17. The SMILES string of the molecule is CC\C=C/C=C\C=C/C=C\CCCCCCCC(=O)OCC(COC(=O)CCCCCC/C=C\CCCC)OC(=O)CCCCC/C=C\C=C/CCCC. The molecule has 306 valence electrons. The highest BCUT2D eigenvalue weighted by molar-refractivity contribution is 5.71. The number of carbonyl (C=O) groups excluding carboxylic acids is 3. The summed E-state index contributed by atoms with van der Waals surface area (Å²) in [4.78, 5) is 37.6. The Kier molecular flexibility index (Phi) is 39.7. The van der Waals surface area contributed by atoms with E-state index < -0.39 is 6.10 Å². The molecule has 0 aliphatic rings. The molecular formula is C48H78O6. The third kappa shape index (κ3) is 39.8. The van der Waals surface area contributed by atoms with Gasteiger partial charge in [-0.3, -0.25) is 14.4 Å². The van der Waals surface area contributed by atoms with Crippen molar-refractivity contribution >= 4 is 17.9 Å². The van der Waals surface area contributed by atoms with Gasteiger partial charge >= 0.3 is 17.9 Å². The van der Waals surface area contributed by atoms with E-state index in [0.29, 0.717) is 12.8 Å². The van der Waals surface area contributed by atoms with Gasteiger partial charge in [0.1, 0.15) is 13.2 Å². The number of ether oxygens (including phenoxy) is 3. The Morgan fingerprint density at radius 1 is 0.389 bits per heavy atom. The van der Waals surface area contributed by atoms with E-state index in [1.807, 2.05) is 24.3 Å². The molecule has 1 unspecified atom stereocenters. The van der Waals surface area contributed by atoms with Crippen LogP contribution in [-0.2, 0) is 28.6 Å². The largest absolute Gasteiger partial charge is 0.462 e. The molecule has 0 amide bonds. The first-order valence-corrected chi connectivity index (χ1v) is 21.7. The first-order chi connectivity index (χ1) is 26.5. The summed E-state index contributed by atoms with van der Waals surface area (Å²) in [5.41, 5.74) is 0. The van der Waals surface area contributed by atoms with E-state index in [-0.39, 0.29) is 37.5 Å². The molecule has 0 aromatic rings. The van der Waals surface area contributed by atoms with E-state index >= 15 is 0 Å². The molecule has 0 aliphatic carbocycles. The summed E-state index contributed by atoms with van der Waals surface area (Å²) in [6, 6.07) is 0. The lowest BCUT2D eigenvalue weighted by Gasteiger charge is -2.18. The lowest BCUT2D eigenvalue weighted by molar-refractivity contribution is -0.167. The maximum absolute atomic E-state index is 12.7. The average molecular weight is 751 g/mol. The van der Waals surface area contributed by atoms with Gasteiger partial charge in [0.2, 0.25) is 0 Å². The summed E-state index contributed by atoms with van der Waals surface area (Å²) in [5, 5.41) is 0. The number of carbonyl (C=O) groups is 3. The van der Waals surface area contributed by atoms with Crippen molar-refractivity contribution in [1.82, 2.24) is 0 Å². The van der Waals surface area contributed by atoms with E-state index in [9.17, 15) is 14.4 Å². The van der Waals surface area contributed by atoms with E-state index in [2.05, 4.69) is 81.5 Å². The molecule has 0 radical (unpaired) electrons. The lowest BCUT2D eigenvalue weighted by Crippen LogP contribution is -2.30. The number of hydrogen-bond donors (Lipinski definition) is 0. The monoisotopic (exact) mass is 751 g/mol. The topological polar surface area (TPSA) is 78.9 Å². The molecule has 0 heterocycles. The summed E-state index contributed by atoms with van der Waals surface area (Å²) in [5.74, 6) is -0.979. The fourth-order valence-corrected chi connectivity index (χ4v) is 5.41.